The Bertz CT molecular complexity index is 1000. The average molecular weight is 364 g/mol. The number of benzene rings is 2. The first-order chi connectivity index (χ1) is 13.2. The highest BCUT2D eigenvalue weighted by atomic mass is 16.5. The summed E-state index contributed by atoms with van der Waals surface area (Å²) in [6.07, 6.45) is 1.03. The van der Waals surface area contributed by atoms with Crippen LogP contribution >= 0.6 is 0 Å². The molecule has 0 saturated heterocycles. The van der Waals surface area contributed by atoms with Crippen LogP contribution in [0.1, 0.15) is 16.7 Å². The van der Waals surface area contributed by atoms with Crippen LogP contribution in [0.2, 0.25) is 0 Å². The van der Waals surface area contributed by atoms with Crippen LogP contribution in [0.15, 0.2) is 36.4 Å². The second kappa shape index (κ2) is 6.99. The molecule has 0 aliphatic carbocycles. The third-order valence-corrected chi connectivity index (χ3v) is 5.24. The fraction of sp³-hybridized carbons (Fsp3) is 0.318. The van der Waals surface area contributed by atoms with Gasteiger partial charge in [0.05, 0.1) is 26.8 Å². The van der Waals surface area contributed by atoms with E-state index in [4.69, 9.17) is 19.2 Å². The van der Waals surface area contributed by atoms with Gasteiger partial charge in [-0.2, -0.15) is 0 Å². The second-order valence-corrected chi connectivity index (χ2v) is 6.78. The molecule has 3 aromatic rings. The highest BCUT2D eigenvalue weighted by Crippen LogP contribution is 2.44. The molecular weight excluding hydrogens is 340 g/mol. The maximum absolute atomic E-state index is 5.65. The molecule has 0 radical (unpaired) electrons. The van der Waals surface area contributed by atoms with Gasteiger partial charge >= 0.3 is 0 Å². The van der Waals surface area contributed by atoms with Crippen LogP contribution in [0, 0.1) is 6.92 Å². The molecule has 1 aromatic heterocycles. The van der Waals surface area contributed by atoms with Gasteiger partial charge in [0, 0.05) is 24.5 Å². The van der Waals surface area contributed by atoms with E-state index in [9.17, 15) is 0 Å². The van der Waals surface area contributed by atoms with E-state index in [1.807, 2.05) is 6.07 Å². The highest BCUT2D eigenvalue weighted by Gasteiger charge is 2.22. The molecule has 2 heterocycles. The van der Waals surface area contributed by atoms with Crippen molar-refractivity contribution in [3.63, 3.8) is 0 Å². The predicted molar refractivity (Wildman–Crippen MR) is 107 cm³/mol. The molecule has 140 valence electrons. The topological polar surface area (TPSA) is 43.8 Å². The highest BCUT2D eigenvalue weighted by molar-refractivity contribution is 5.94. The Morgan fingerprint density at radius 1 is 0.926 bits per heavy atom. The number of methoxy groups -OCH3 is 3. The Kier molecular flexibility index (Phi) is 4.52. The fourth-order valence-corrected chi connectivity index (χ4v) is 3.89. The average Bonchev–Trinajstić information content (AvgIpc) is 2.71. The zero-order valence-corrected chi connectivity index (χ0v) is 16.2. The molecule has 0 bridgehead atoms. The number of hydrogen-bond acceptors (Lipinski definition) is 5. The Morgan fingerprint density at radius 3 is 2.37 bits per heavy atom. The van der Waals surface area contributed by atoms with Crippen LogP contribution in [0.3, 0.4) is 0 Å². The van der Waals surface area contributed by atoms with Gasteiger partial charge in [0.15, 0.2) is 11.5 Å². The number of ether oxygens (including phenoxy) is 3. The Hall–Kier alpha value is -2.95. The van der Waals surface area contributed by atoms with Gasteiger partial charge in [-0.25, -0.2) is 4.98 Å². The van der Waals surface area contributed by atoms with Crippen LogP contribution in [0.25, 0.3) is 10.9 Å². The van der Waals surface area contributed by atoms with Crippen molar-refractivity contribution in [3.8, 4) is 17.2 Å². The third-order valence-electron chi connectivity index (χ3n) is 5.24. The van der Waals surface area contributed by atoms with E-state index in [1.54, 1.807) is 21.3 Å². The standard InChI is InChI=1S/C22H24N2O3/c1-14-11-19(24-10-9-15-7-5-6-8-16(15)13-24)23-17-12-18(25-2)21(26-3)22(27-4)20(14)17/h5-8,11-12H,9-10,13H2,1-4H3. The fourth-order valence-electron chi connectivity index (χ4n) is 3.89. The summed E-state index contributed by atoms with van der Waals surface area (Å²) in [5.41, 5.74) is 4.75. The van der Waals surface area contributed by atoms with Gasteiger partial charge in [-0.3, -0.25) is 0 Å². The van der Waals surface area contributed by atoms with Crippen molar-refractivity contribution in [2.45, 2.75) is 19.9 Å². The lowest BCUT2D eigenvalue weighted by Crippen LogP contribution is -2.31. The molecule has 0 amide bonds. The summed E-state index contributed by atoms with van der Waals surface area (Å²) in [7, 11) is 4.89. The lowest BCUT2D eigenvalue weighted by atomic mass is 9.99. The van der Waals surface area contributed by atoms with Gasteiger partial charge in [-0.15, -0.1) is 0 Å². The number of pyridine rings is 1. The summed E-state index contributed by atoms with van der Waals surface area (Å²) >= 11 is 0. The SMILES string of the molecule is COc1cc2nc(N3CCc4ccccc4C3)cc(C)c2c(OC)c1OC. The summed E-state index contributed by atoms with van der Waals surface area (Å²) in [6.45, 7) is 3.91. The van der Waals surface area contributed by atoms with E-state index in [0.717, 1.165) is 41.8 Å². The normalized spacial score (nSPS) is 13.4. The summed E-state index contributed by atoms with van der Waals surface area (Å²) in [5, 5.41) is 0.955. The molecule has 5 nitrogen and oxygen atoms in total. The van der Waals surface area contributed by atoms with Gasteiger partial charge < -0.3 is 19.1 Å². The number of aromatic nitrogens is 1. The summed E-state index contributed by atoms with van der Waals surface area (Å²) in [5.74, 6) is 2.85. The Morgan fingerprint density at radius 2 is 1.67 bits per heavy atom. The van der Waals surface area contributed by atoms with Crippen LogP contribution in [0.4, 0.5) is 5.82 Å². The summed E-state index contributed by atoms with van der Waals surface area (Å²) in [6, 6.07) is 12.7. The molecule has 2 aromatic carbocycles. The van der Waals surface area contributed by atoms with Crippen molar-refractivity contribution < 1.29 is 14.2 Å². The first-order valence-corrected chi connectivity index (χ1v) is 9.08. The van der Waals surface area contributed by atoms with Crippen LogP contribution in [-0.2, 0) is 13.0 Å². The molecule has 0 unspecified atom stereocenters. The number of rotatable bonds is 4. The molecule has 0 N–H and O–H groups in total. The van der Waals surface area contributed by atoms with E-state index in [0.29, 0.717) is 17.2 Å². The number of anilines is 1. The molecule has 0 saturated carbocycles. The van der Waals surface area contributed by atoms with Gasteiger partial charge in [-0.05, 0) is 36.1 Å². The van der Waals surface area contributed by atoms with E-state index in [1.165, 1.54) is 11.1 Å². The van der Waals surface area contributed by atoms with Crippen LogP contribution in [0.5, 0.6) is 17.2 Å². The summed E-state index contributed by atoms with van der Waals surface area (Å²) < 4.78 is 16.7. The molecule has 1 aliphatic heterocycles. The largest absolute Gasteiger partial charge is 0.493 e. The van der Waals surface area contributed by atoms with Crippen LogP contribution in [-0.4, -0.2) is 32.9 Å². The van der Waals surface area contributed by atoms with Crippen LogP contribution < -0.4 is 19.1 Å². The third kappa shape index (κ3) is 2.93. The molecule has 0 fully saturated rings. The van der Waals surface area contributed by atoms with Gasteiger partial charge in [0.2, 0.25) is 5.75 Å². The molecule has 27 heavy (non-hydrogen) atoms. The Labute approximate surface area is 159 Å². The lowest BCUT2D eigenvalue weighted by Gasteiger charge is -2.30. The maximum Gasteiger partial charge on any atom is 0.204 e. The first-order valence-electron chi connectivity index (χ1n) is 9.08. The Balaban J connectivity index is 1.82. The molecular formula is C22H24N2O3. The lowest BCUT2D eigenvalue weighted by molar-refractivity contribution is 0.327. The quantitative estimate of drug-likeness (QED) is 0.696. The smallest absolute Gasteiger partial charge is 0.204 e. The van der Waals surface area contributed by atoms with Gasteiger partial charge in [0.25, 0.3) is 0 Å². The molecule has 0 atom stereocenters. The van der Waals surface area contributed by atoms with Gasteiger partial charge in [-0.1, -0.05) is 24.3 Å². The van der Waals surface area contributed by atoms with Crippen molar-refractivity contribution in [1.29, 1.82) is 0 Å². The number of nitrogens with zero attached hydrogens (tertiary/aromatic N) is 2. The summed E-state index contributed by atoms with van der Waals surface area (Å²) in [4.78, 5) is 7.27. The van der Waals surface area contributed by atoms with E-state index in [-0.39, 0.29) is 0 Å². The minimum Gasteiger partial charge on any atom is -0.493 e. The van der Waals surface area contributed by atoms with E-state index >= 15 is 0 Å². The van der Waals surface area contributed by atoms with E-state index < -0.39 is 0 Å². The zero-order valence-electron chi connectivity index (χ0n) is 16.2. The van der Waals surface area contributed by atoms with Gasteiger partial charge in [0.1, 0.15) is 5.82 Å². The zero-order chi connectivity index (χ0) is 19.0. The maximum atomic E-state index is 5.65. The minimum atomic E-state index is 0.594. The number of fused-ring (bicyclic) bond motifs is 2. The van der Waals surface area contributed by atoms with Crippen molar-refractivity contribution >= 4 is 16.7 Å². The molecule has 0 spiro atoms. The monoisotopic (exact) mass is 364 g/mol. The molecule has 5 heteroatoms. The molecule has 1 aliphatic rings. The second-order valence-electron chi connectivity index (χ2n) is 6.78. The van der Waals surface area contributed by atoms with Crippen molar-refractivity contribution in [3.05, 3.63) is 53.1 Å². The number of hydrogen-bond donors (Lipinski definition) is 0. The van der Waals surface area contributed by atoms with Crippen molar-refractivity contribution in [2.24, 2.45) is 0 Å². The first kappa shape index (κ1) is 17.5. The number of aryl methyl sites for hydroxylation is 1. The van der Waals surface area contributed by atoms with E-state index in [2.05, 4.69) is 42.2 Å². The van der Waals surface area contributed by atoms with Crippen molar-refractivity contribution in [1.82, 2.24) is 4.98 Å². The predicted octanol–water partition coefficient (Wildman–Crippen LogP) is 4.13. The minimum absolute atomic E-state index is 0.594. The van der Waals surface area contributed by atoms with Crippen molar-refractivity contribution in [2.75, 3.05) is 32.8 Å². The molecule has 4 rings (SSSR count).